The van der Waals surface area contributed by atoms with Gasteiger partial charge in [0.25, 0.3) is 0 Å². The SMILES string of the molecule is CCNC(=NCC(C)(O)c1ccc(C)o1)NC1C2CCOC2C12CCCC2.I. The van der Waals surface area contributed by atoms with Gasteiger partial charge in [-0.1, -0.05) is 12.8 Å². The normalized spacial score (nSPS) is 30.3. The molecule has 158 valence electrons. The van der Waals surface area contributed by atoms with Crippen molar-refractivity contribution in [2.24, 2.45) is 16.3 Å². The van der Waals surface area contributed by atoms with Gasteiger partial charge in [0.05, 0.1) is 12.6 Å². The zero-order chi connectivity index (χ0) is 19.1. The van der Waals surface area contributed by atoms with Crippen LogP contribution < -0.4 is 10.6 Å². The summed E-state index contributed by atoms with van der Waals surface area (Å²) >= 11 is 0. The molecular weight excluding hydrogens is 469 g/mol. The lowest BCUT2D eigenvalue weighted by molar-refractivity contribution is -0.125. The molecule has 3 N–H and O–H groups in total. The first kappa shape index (κ1) is 21.9. The van der Waals surface area contributed by atoms with Gasteiger partial charge in [-0.3, -0.25) is 0 Å². The van der Waals surface area contributed by atoms with Crippen LogP contribution in [-0.2, 0) is 10.3 Å². The minimum Gasteiger partial charge on any atom is -0.463 e. The molecule has 7 heteroatoms. The number of nitrogens with one attached hydrogen (secondary N) is 2. The van der Waals surface area contributed by atoms with Crippen molar-refractivity contribution in [3.05, 3.63) is 23.7 Å². The van der Waals surface area contributed by atoms with E-state index < -0.39 is 5.60 Å². The largest absolute Gasteiger partial charge is 0.463 e. The van der Waals surface area contributed by atoms with Crippen LogP contribution >= 0.6 is 24.0 Å². The van der Waals surface area contributed by atoms with Crippen LogP contribution in [0.25, 0.3) is 0 Å². The monoisotopic (exact) mass is 503 g/mol. The first-order valence-corrected chi connectivity index (χ1v) is 10.4. The van der Waals surface area contributed by atoms with Gasteiger partial charge in [0.15, 0.2) is 5.96 Å². The standard InChI is InChI=1S/C21H33N3O3.HI/c1-4-22-19(23-13-20(3,25)16-8-7-14(2)27-16)24-17-15-9-12-26-18(15)21(17)10-5-6-11-21;/h7-8,15,17-18,25H,4-6,9-13H2,1-3H3,(H2,22,23,24);1H. The Morgan fingerprint density at radius 3 is 2.75 bits per heavy atom. The molecule has 4 unspecified atom stereocenters. The third-order valence-electron chi connectivity index (χ3n) is 6.74. The van der Waals surface area contributed by atoms with E-state index in [0.717, 1.165) is 31.3 Å². The lowest BCUT2D eigenvalue weighted by Gasteiger charge is -2.57. The Bertz CT molecular complexity index is 697. The highest BCUT2D eigenvalue weighted by Gasteiger charge is 2.65. The van der Waals surface area contributed by atoms with E-state index in [2.05, 4.69) is 17.6 Å². The molecular formula is C21H34IN3O3. The summed E-state index contributed by atoms with van der Waals surface area (Å²) in [6.07, 6.45) is 6.64. The number of nitrogens with zero attached hydrogens (tertiary/aromatic N) is 1. The van der Waals surface area contributed by atoms with Crippen LogP contribution in [0.1, 0.15) is 57.5 Å². The second-order valence-corrected chi connectivity index (χ2v) is 8.69. The molecule has 28 heavy (non-hydrogen) atoms. The number of halogens is 1. The fourth-order valence-electron chi connectivity index (χ4n) is 5.41. The molecule has 3 fully saturated rings. The lowest BCUT2D eigenvalue weighted by Crippen LogP contribution is -2.69. The molecule has 0 aromatic carbocycles. The van der Waals surface area contributed by atoms with Crippen LogP contribution in [0.2, 0.25) is 0 Å². The Morgan fingerprint density at radius 2 is 2.11 bits per heavy atom. The quantitative estimate of drug-likeness (QED) is 0.327. The van der Waals surface area contributed by atoms with Gasteiger partial charge >= 0.3 is 0 Å². The molecule has 2 heterocycles. The number of ether oxygens (including phenoxy) is 1. The minimum atomic E-state index is -1.12. The summed E-state index contributed by atoms with van der Waals surface area (Å²) in [6, 6.07) is 4.11. The van der Waals surface area contributed by atoms with Crippen LogP contribution in [0.5, 0.6) is 0 Å². The van der Waals surface area contributed by atoms with Crippen LogP contribution in [0.4, 0.5) is 0 Å². The van der Waals surface area contributed by atoms with E-state index >= 15 is 0 Å². The van der Waals surface area contributed by atoms with Gasteiger partial charge in [-0.2, -0.15) is 0 Å². The maximum atomic E-state index is 10.8. The van der Waals surface area contributed by atoms with Crippen molar-refractivity contribution >= 4 is 29.9 Å². The molecule has 3 aliphatic rings. The van der Waals surface area contributed by atoms with Crippen LogP contribution in [-0.4, -0.2) is 42.9 Å². The van der Waals surface area contributed by atoms with Crippen LogP contribution in [0.15, 0.2) is 21.5 Å². The highest BCUT2D eigenvalue weighted by molar-refractivity contribution is 14.0. The highest BCUT2D eigenvalue weighted by atomic mass is 127. The Morgan fingerprint density at radius 1 is 1.36 bits per heavy atom. The van der Waals surface area contributed by atoms with Crippen molar-refractivity contribution in [2.45, 2.75) is 70.6 Å². The number of aryl methyl sites for hydroxylation is 1. The number of hydrogen-bond acceptors (Lipinski definition) is 4. The molecule has 4 atom stereocenters. The number of fused-ring (bicyclic) bond motifs is 2. The second kappa shape index (κ2) is 8.52. The number of hydrogen-bond donors (Lipinski definition) is 3. The van der Waals surface area contributed by atoms with Gasteiger partial charge in [0.2, 0.25) is 0 Å². The van der Waals surface area contributed by atoms with E-state index in [-0.39, 0.29) is 35.9 Å². The second-order valence-electron chi connectivity index (χ2n) is 8.69. The molecule has 0 bridgehead atoms. The summed E-state index contributed by atoms with van der Waals surface area (Å²) in [5.74, 6) is 2.71. The highest BCUT2D eigenvalue weighted by Crippen LogP contribution is 2.60. The lowest BCUT2D eigenvalue weighted by atomic mass is 9.54. The van der Waals surface area contributed by atoms with Gasteiger partial charge in [-0.15, -0.1) is 24.0 Å². The zero-order valence-corrected chi connectivity index (χ0v) is 19.5. The van der Waals surface area contributed by atoms with Gasteiger partial charge < -0.3 is 24.9 Å². The minimum absolute atomic E-state index is 0. The van der Waals surface area contributed by atoms with Crippen molar-refractivity contribution in [3.63, 3.8) is 0 Å². The maximum Gasteiger partial charge on any atom is 0.191 e. The molecule has 0 radical (unpaired) electrons. The van der Waals surface area contributed by atoms with Crippen LogP contribution in [0, 0.1) is 18.3 Å². The number of furan rings is 1. The topological polar surface area (TPSA) is 79.0 Å². The number of guanidine groups is 1. The molecule has 1 spiro atoms. The van der Waals surface area contributed by atoms with E-state index in [1.165, 1.54) is 25.7 Å². The van der Waals surface area contributed by atoms with Crippen molar-refractivity contribution in [1.82, 2.24) is 10.6 Å². The molecule has 6 nitrogen and oxygen atoms in total. The molecule has 2 saturated carbocycles. The average molecular weight is 503 g/mol. The predicted octanol–water partition coefficient (Wildman–Crippen LogP) is 3.32. The first-order chi connectivity index (χ1) is 13.0. The van der Waals surface area contributed by atoms with Gasteiger partial charge in [-0.05, 0) is 52.2 Å². The Balaban J connectivity index is 0.00000225. The Hall–Kier alpha value is -0.800. The van der Waals surface area contributed by atoms with Gasteiger partial charge in [-0.25, -0.2) is 4.99 Å². The summed E-state index contributed by atoms with van der Waals surface area (Å²) in [7, 11) is 0. The van der Waals surface area contributed by atoms with Gasteiger partial charge in [0.1, 0.15) is 17.1 Å². The number of aliphatic hydroxyl groups is 1. The van der Waals surface area contributed by atoms with Gasteiger partial charge in [0, 0.05) is 30.5 Å². The summed E-state index contributed by atoms with van der Waals surface area (Å²) in [6.45, 7) is 7.62. The van der Waals surface area contributed by atoms with E-state index in [9.17, 15) is 5.11 Å². The number of aliphatic imine (C=N–C) groups is 1. The fraction of sp³-hybridized carbons (Fsp3) is 0.762. The maximum absolute atomic E-state index is 10.8. The smallest absolute Gasteiger partial charge is 0.191 e. The summed E-state index contributed by atoms with van der Waals surface area (Å²) in [5.41, 5.74) is -0.849. The summed E-state index contributed by atoms with van der Waals surface area (Å²) in [5, 5.41) is 17.9. The molecule has 4 rings (SSSR count). The molecule has 1 aliphatic heterocycles. The van der Waals surface area contributed by atoms with Crippen molar-refractivity contribution in [2.75, 3.05) is 19.7 Å². The summed E-state index contributed by atoms with van der Waals surface area (Å²) < 4.78 is 11.7. The third kappa shape index (κ3) is 3.81. The Labute approximate surface area is 184 Å². The predicted molar refractivity (Wildman–Crippen MR) is 120 cm³/mol. The molecule has 1 aromatic rings. The Kier molecular flexibility index (Phi) is 6.66. The zero-order valence-electron chi connectivity index (χ0n) is 17.2. The average Bonchev–Trinajstić information content (AvgIpc) is 3.36. The molecule has 1 aromatic heterocycles. The third-order valence-corrected chi connectivity index (χ3v) is 6.74. The summed E-state index contributed by atoms with van der Waals surface area (Å²) in [4.78, 5) is 4.70. The van der Waals surface area contributed by atoms with E-state index in [1.807, 2.05) is 19.1 Å². The van der Waals surface area contributed by atoms with Crippen molar-refractivity contribution in [3.8, 4) is 0 Å². The van der Waals surface area contributed by atoms with E-state index in [0.29, 0.717) is 23.8 Å². The number of rotatable bonds is 5. The van der Waals surface area contributed by atoms with Crippen LogP contribution in [0.3, 0.4) is 0 Å². The van der Waals surface area contributed by atoms with Crippen molar-refractivity contribution in [1.29, 1.82) is 0 Å². The first-order valence-electron chi connectivity index (χ1n) is 10.4. The van der Waals surface area contributed by atoms with E-state index in [1.54, 1.807) is 6.92 Å². The molecule has 0 amide bonds. The van der Waals surface area contributed by atoms with E-state index in [4.69, 9.17) is 14.1 Å². The molecule has 2 aliphatic carbocycles. The molecule has 1 saturated heterocycles. The fourth-order valence-corrected chi connectivity index (χ4v) is 5.41. The van der Waals surface area contributed by atoms with Crippen molar-refractivity contribution < 1.29 is 14.3 Å².